The molecule has 104 valence electrons. The average molecular weight is 271 g/mol. The van der Waals surface area contributed by atoms with Crippen LogP contribution < -0.4 is 5.32 Å². The van der Waals surface area contributed by atoms with Crippen molar-refractivity contribution in [3.63, 3.8) is 0 Å². The van der Waals surface area contributed by atoms with Crippen LogP contribution in [0.1, 0.15) is 24.1 Å². The summed E-state index contributed by atoms with van der Waals surface area (Å²) in [7, 11) is 0. The second-order valence-corrected chi connectivity index (χ2v) is 5.17. The van der Waals surface area contributed by atoms with Crippen LogP contribution in [0.3, 0.4) is 0 Å². The maximum Gasteiger partial charge on any atom is 0.274 e. The van der Waals surface area contributed by atoms with Crippen LogP contribution in [-0.2, 0) is 13.1 Å². The van der Waals surface area contributed by atoms with E-state index in [4.69, 9.17) is 0 Å². The molecule has 0 spiro atoms. The number of rotatable bonds is 6. The summed E-state index contributed by atoms with van der Waals surface area (Å²) in [4.78, 5) is 10.7. The van der Waals surface area contributed by atoms with Crippen LogP contribution in [0.2, 0.25) is 0 Å². The molecule has 1 aliphatic rings. The van der Waals surface area contributed by atoms with E-state index < -0.39 is 0 Å². The number of nitrogens with one attached hydrogen (secondary N) is 1. The van der Waals surface area contributed by atoms with Crippen molar-refractivity contribution in [3.05, 3.63) is 64.0 Å². The monoisotopic (exact) mass is 271 g/mol. The van der Waals surface area contributed by atoms with E-state index in [1.165, 1.54) is 12.8 Å². The minimum absolute atomic E-state index is 0.183. The molecule has 1 fully saturated rings. The van der Waals surface area contributed by atoms with Gasteiger partial charge in [0.05, 0.1) is 11.5 Å². The first kappa shape index (κ1) is 12.9. The molecule has 1 aromatic heterocycles. The minimum atomic E-state index is -0.318. The molecule has 1 aliphatic carbocycles. The van der Waals surface area contributed by atoms with Crippen molar-refractivity contribution in [2.75, 3.05) is 0 Å². The molecule has 5 nitrogen and oxygen atoms in total. The van der Waals surface area contributed by atoms with Crippen LogP contribution in [0.25, 0.3) is 0 Å². The van der Waals surface area contributed by atoms with E-state index in [-0.39, 0.29) is 10.6 Å². The molecule has 0 atom stereocenters. The second-order valence-electron chi connectivity index (χ2n) is 5.17. The lowest BCUT2D eigenvalue weighted by atomic mass is 10.2. The zero-order valence-electron chi connectivity index (χ0n) is 11.2. The van der Waals surface area contributed by atoms with Crippen LogP contribution in [-0.4, -0.2) is 15.5 Å². The first-order valence-electron chi connectivity index (χ1n) is 6.84. The third-order valence-corrected chi connectivity index (χ3v) is 3.60. The topological polar surface area (TPSA) is 60.1 Å². The molecule has 0 radical (unpaired) electrons. The van der Waals surface area contributed by atoms with Crippen LogP contribution in [0, 0.1) is 10.1 Å². The summed E-state index contributed by atoms with van der Waals surface area (Å²) in [6.45, 7) is 1.35. The van der Waals surface area contributed by atoms with Gasteiger partial charge in [0.15, 0.2) is 0 Å². The number of benzene rings is 1. The van der Waals surface area contributed by atoms with E-state index in [0.717, 1.165) is 17.8 Å². The van der Waals surface area contributed by atoms with Crippen molar-refractivity contribution in [2.45, 2.75) is 32.0 Å². The highest BCUT2D eigenvalue weighted by atomic mass is 16.6. The average Bonchev–Trinajstić information content (AvgIpc) is 3.17. The Balaban J connectivity index is 1.77. The highest BCUT2D eigenvalue weighted by molar-refractivity contribution is 5.40. The third kappa shape index (κ3) is 2.88. The van der Waals surface area contributed by atoms with Crippen molar-refractivity contribution in [3.8, 4) is 0 Å². The second kappa shape index (κ2) is 5.46. The summed E-state index contributed by atoms with van der Waals surface area (Å²) in [5, 5.41) is 14.5. The molecule has 0 saturated heterocycles. The van der Waals surface area contributed by atoms with Crippen LogP contribution in [0.15, 0.2) is 42.6 Å². The standard InChI is InChI=1S/C15H17N3O2/c19-18(20)15-6-2-1-4-12(15)11-17-9-3-5-14(17)10-16-13-7-8-13/h1-6,9,13,16H,7-8,10-11H2. The van der Waals surface area contributed by atoms with Gasteiger partial charge >= 0.3 is 0 Å². The number of aromatic nitrogens is 1. The number of nitrogens with zero attached hydrogens (tertiary/aromatic N) is 2. The van der Waals surface area contributed by atoms with Gasteiger partial charge in [0.2, 0.25) is 0 Å². The molecular weight excluding hydrogens is 254 g/mol. The zero-order valence-corrected chi connectivity index (χ0v) is 11.2. The van der Waals surface area contributed by atoms with Crippen molar-refractivity contribution in [2.24, 2.45) is 0 Å². The zero-order chi connectivity index (χ0) is 13.9. The Bertz CT molecular complexity index is 617. The summed E-state index contributed by atoms with van der Waals surface area (Å²) in [5.41, 5.74) is 2.08. The summed E-state index contributed by atoms with van der Waals surface area (Å²) in [6.07, 6.45) is 4.48. The normalized spacial score (nSPS) is 14.4. The fourth-order valence-corrected chi connectivity index (χ4v) is 2.31. The Morgan fingerprint density at radius 2 is 2.05 bits per heavy atom. The maximum absolute atomic E-state index is 11.0. The Morgan fingerprint density at radius 1 is 1.25 bits per heavy atom. The van der Waals surface area contributed by atoms with Crippen molar-refractivity contribution < 1.29 is 4.92 Å². The SMILES string of the molecule is O=[N+]([O-])c1ccccc1Cn1cccc1CNC1CC1. The molecule has 0 bridgehead atoms. The summed E-state index contributed by atoms with van der Waals surface area (Å²) >= 11 is 0. The number of para-hydroxylation sites is 1. The van der Waals surface area contributed by atoms with E-state index in [1.807, 2.05) is 24.4 Å². The number of nitro groups is 1. The van der Waals surface area contributed by atoms with Crippen molar-refractivity contribution in [1.29, 1.82) is 0 Å². The van der Waals surface area contributed by atoms with Crippen molar-refractivity contribution in [1.82, 2.24) is 9.88 Å². The third-order valence-electron chi connectivity index (χ3n) is 3.60. The summed E-state index contributed by atoms with van der Waals surface area (Å²) in [6, 6.07) is 11.6. The quantitative estimate of drug-likeness (QED) is 0.649. The molecule has 0 unspecified atom stereocenters. The van der Waals surface area contributed by atoms with Crippen molar-refractivity contribution >= 4 is 5.69 Å². The van der Waals surface area contributed by atoms with Gasteiger partial charge in [-0.15, -0.1) is 0 Å². The van der Waals surface area contributed by atoms with Gasteiger partial charge in [0.1, 0.15) is 0 Å². The van der Waals surface area contributed by atoms with E-state index in [2.05, 4.69) is 16.0 Å². The van der Waals surface area contributed by atoms with Gasteiger partial charge < -0.3 is 9.88 Å². The number of hydrogen-bond donors (Lipinski definition) is 1. The Hall–Kier alpha value is -2.14. The lowest BCUT2D eigenvalue weighted by molar-refractivity contribution is -0.385. The van der Waals surface area contributed by atoms with E-state index >= 15 is 0 Å². The molecule has 3 rings (SSSR count). The predicted octanol–water partition coefficient (Wildman–Crippen LogP) is 2.70. The van der Waals surface area contributed by atoms with Gasteiger partial charge in [0, 0.05) is 36.1 Å². The first-order chi connectivity index (χ1) is 9.74. The minimum Gasteiger partial charge on any atom is -0.346 e. The number of hydrogen-bond acceptors (Lipinski definition) is 3. The highest BCUT2D eigenvalue weighted by Gasteiger charge is 2.20. The van der Waals surface area contributed by atoms with Gasteiger partial charge in [0.25, 0.3) is 5.69 Å². The fourth-order valence-electron chi connectivity index (χ4n) is 2.31. The Kier molecular flexibility index (Phi) is 3.52. The fraction of sp³-hybridized carbons (Fsp3) is 0.333. The molecule has 2 aromatic rings. The van der Waals surface area contributed by atoms with Gasteiger partial charge in [-0.25, -0.2) is 0 Å². The predicted molar refractivity (Wildman–Crippen MR) is 76.5 cm³/mol. The van der Waals surface area contributed by atoms with Gasteiger partial charge in [-0.2, -0.15) is 0 Å². The first-order valence-corrected chi connectivity index (χ1v) is 6.84. The van der Waals surface area contributed by atoms with Crippen LogP contribution in [0.4, 0.5) is 5.69 Å². The van der Waals surface area contributed by atoms with Crippen LogP contribution >= 0.6 is 0 Å². The van der Waals surface area contributed by atoms with Gasteiger partial charge in [-0.3, -0.25) is 10.1 Å². The van der Waals surface area contributed by atoms with Crippen LogP contribution in [0.5, 0.6) is 0 Å². The lowest BCUT2D eigenvalue weighted by Gasteiger charge is -2.10. The molecule has 1 N–H and O–H groups in total. The molecule has 5 heteroatoms. The molecule has 20 heavy (non-hydrogen) atoms. The Morgan fingerprint density at radius 3 is 2.80 bits per heavy atom. The largest absolute Gasteiger partial charge is 0.346 e. The molecular formula is C15H17N3O2. The molecule has 1 aromatic carbocycles. The summed E-state index contributed by atoms with van der Waals surface area (Å²) < 4.78 is 2.07. The van der Waals surface area contributed by atoms with Gasteiger partial charge in [-0.05, 0) is 25.0 Å². The summed E-state index contributed by atoms with van der Waals surface area (Å²) in [5.74, 6) is 0. The smallest absolute Gasteiger partial charge is 0.274 e. The van der Waals surface area contributed by atoms with E-state index in [0.29, 0.717) is 12.6 Å². The van der Waals surface area contributed by atoms with E-state index in [9.17, 15) is 10.1 Å². The maximum atomic E-state index is 11.0. The van der Waals surface area contributed by atoms with Gasteiger partial charge in [-0.1, -0.05) is 18.2 Å². The highest BCUT2D eigenvalue weighted by Crippen LogP contribution is 2.21. The molecule has 1 saturated carbocycles. The van der Waals surface area contributed by atoms with E-state index in [1.54, 1.807) is 12.1 Å². The number of nitro benzene ring substituents is 1. The molecule has 1 heterocycles. The molecule has 0 aliphatic heterocycles. The molecule has 0 amide bonds. The Labute approximate surface area is 117 Å². The lowest BCUT2D eigenvalue weighted by Crippen LogP contribution is -2.18.